The summed E-state index contributed by atoms with van der Waals surface area (Å²) in [5.41, 5.74) is 0.426. The van der Waals surface area contributed by atoms with Gasteiger partial charge in [0, 0.05) is 5.56 Å². The van der Waals surface area contributed by atoms with E-state index in [4.69, 9.17) is 4.74 Å². The fraction of sp³-hybridized carbons (Fsp3) is 0.143. The van der Waals surface area contributed by atoms with Crippen LogP contribution in [-0.4, -0.2) is 38.2 Å². The van der Waals surface area contributed by atoms with E-state index in [1.54, 1.807) is 31.4 Å². The lowest BCUT2D eigenvalue weighted by Crippen LogP contribution is -2.17. The molecule has 1 aromatic rings. The Balaban J connectivity index is 2.30. The molecule has 2 aliphatic rings. The number of hydrogen-bond acceptors (Lipinski definition) is 5. The average molecular weight is 300 g/mol. The molecule has 8 nitrogen and oxygen atoms in total. The van der Waals surface area contributed by atoms with Crippen LogP contribution in [0.3, 0.4) is 0 Å². The van der Waals surface area contributed by atoms with E-state index in [1.807, 2.05) is 0 Å². The molecule has 0 unspecified atom stereocenters. The Hall–Kier alpha value is -3.16. The van der Waals surface area contributed by atoms with E-state index in [0.29, 0.717) is 11.4 Å². The minimum Gasteiger partial charge on any atom is -0.497 e. The van der Waals surface area contributed by atoms with Crippen molar-refractivity contribution >= 4 is 5.97 Å². The average Bonchev–Trinajstić information content (AvgIpc) is 2.90. The van der Waals surface area contributed by atoms with Gasteiger partial charge in [-0.05, 0) is 31.2 Å². The second-order valence-electron chi connectivity index (χ2n) is 4.64. The molecule has 0 amide bonds. The molecule has 0 aromatic heterocycles. The number of nitrogens with zero attached hydrogens (tertiary/aromatic N) is 3. The van der Waals surface area contributed by atoms with Crippen molar-refractivity contribution in [1.29, 1.82) is 0 Å². The molecule has 0 atom stereocenters. The van der Waals surface area contributed by atoms with Crippen molar-refractivity contribution in [2.24, 2.45) is 0 Å². The number of aromatic nitrogens is 4. The van der Waals surface area contributed by atoms with Crippen molar-refractivity contribution in [1.82, 2.24) is 20.0 Å². The van der Waals surface area contributed by atoms with Gasteiger partial charge in [-0.3, -0.25) is 4.79 Å². The zero-order valence-electron chi connectivity index (χ0n) is 11.8. The van der Waals surface area contributed by atoms with Crippen molar-refractivity contribution < 1.29 is 14.6 Å². The van der Waals surface area contributed by atoms with Crippen LogP contribution in [0.5, 0.6) is 5.75 Å². The van der Waals surface area contributed by atoms with Crippen LogP contribution < -0.4 is 10.3 Å². The molecule has 0 spiro atoms. The van der Waals surface area contributed by atoms with Gasteiger partial charge in [-0.15, -0.1) is 0 Å². The third-order valence-corrected chi connectivity index (χ3v) is 3.36. The Labute approximate surface area is 124 Å². The Morgan fingerprint density at radius 3 is 2.59 bits per heavy atom. The molecule has 22 heavy (non-hydrogen) atoms. The minimum atomic E-state index is -1.21. The first-order valence-electron chi connectivity index (χ1n) is 6.38. The maximum atomic E-state index is 11.9. The maximum absolute atomic E-state index is 11.9. The lowest BCUT2D eigenvalue weighted by molar-refractivity contribution is 0.0687. The number of nitrogens with one attached hydrogen (secondary N) is 1. The second-order valence-corrected chi connectivity index (χ2v) is 4.64. The number of rotatable bonds is 3. The fourth-order valence-corrected chi connectivity index (χ4v) is 2.26. The number of methoxy groups -OCH3 is 1. The summed E-state index contributed by atoms with van der Waals surface area (Å²) in [7, 11) is 1.55. The summed E-state index contributed by atoms with van der Waals surface area (Å²) < 4.78 is 6.40. The molecule has 0 radical (unpaired) electrons. The van der Waals surface area contributed by atoms with Gasteiger partial charge >= 0.3 is 5.97 Å². The Morgan fingerprint density at radius 2 is 2.00 bits per heavy atom. The van der Waals surface area contributed by atoms with Crippen molar-refractivity contribution in [3.05, 3.63) is 45.9 Å². The predicted molar refractivity (Wildman–Crippen MR) is 76.9 cm³/mol. The summed E-state index contributed by atoms with van der Waals surface area (Å²) in [5, 5.41) is 19.6. The highest BCUT2D eigenvalue weighted by Gasteiger charge is 2.25. The number of H-pyrrole nitrogens is 1. The normalized spacial score (nSPS) is 10.8. The van der Waals surface area contributed by atoms with E-state index in [2.05, 4.69) is 15.3 Å². The van der Waals surface area contributed by atoms with Crippen LogP contribution >= 0.6 is 0 Å². The molecule has 2 N–H and O–H groups in total. The fourth-order valence-electron chi connectivity index (χ4n) is 2.26. The first-order valence-corrected chi connectivity index (χ1v) is 6.38. The highest BCUT2D eigenvalue weighted by atomic mass is 16.5. The molecule has 0 bridgehead atoms. The Morgan fingerprint density at radius 1 is 1.32 bits per heavy atom. The van der Waals surface area contributed by atoms with Crippen molar-refractivity contribution in [3.63, 3.8) is 0 Å². The Kier molecular flexibility index (Phi) is 3.13. The molecule has 1 aromatic carbocycles. The van der Waals surface area contributed by atoms with Crippen molar-refractivity contribution in [2.45, 2.75) is 6.92 Å². The molecule has 112 valence electrons. The molecule has 3 rings (SSSR count). The number of fused-ring (bicyclic) bond motifs is 1. The lowest BCUT2D eigenvalue weighted by atomic mass is 10.1. The molecule has 0 saturated carbocycles. The number of hydrogen-bond donors (Lipinski definition) is 2. The molecule has 0 fully saturated rings. The highest BCUT2D eigenvalue weighted by molar-refractivity contribution is 5.89. The van der Waals surface area contributed by atoms with Crippen molar-refractivity contribution in [3.8, 4) is 22.8 Å². The van der Waals surface area contributed by atoms with Gasteiger partial charge in [0.25, 0.3) is 5.56 Å². The first-order chi connectivity index (χ1) is 10.5. The number of aromatic carboxylic acids is 1. The van der Waals surface area contributed by atoms with Gasteiger partial charge in [-0.25, -0.2) is 14.6 Å². The summed E-state index contributed by atoms with van der Waals surface area (Å²) in [5.74, 6) is -0.280. The number of aromatic amines is 1. The van der Waals surface area contributed by atoms with Gasteiger partial charge in [0.2, 0.25) is 0 Å². The highest BCUT2D eigenvalue weighted by Crippen LogP contribution is 2.25. The summed E-state index contributed by atoms with van der Waals surface area (Å²) in [6.45, 7) is 1.54. The van der Waals surface area contributed by atoms with Crippen LogP contribution in [0.2, 0.25) is 0 Å². The van der Waals surface area contributed by atoms with Crippen LogP contribution in [-0.2, 0) is 0 Å². The number of benzene rings is 1. The lowest BCUT2D eigenvalue weighted by Gasteiger charge is -2.13. The predicted octanol–water partition coefficient (Wildman–Crippen LogP) is 1.08. The van der Waals surface area contributed by atoms with Gasteiger partial charge in [-0.2, -0.15) is 10.2 Å². The topological polar surface area (TPSA) is 110 Å². The first kappa shape index (κ1) is 13.8. The zero-order valence-corrected chi connectivity index (χ0v) is 11.8. The van der Waals surface area contributed by atoms with E-state index < -0.39 is 11.5 Å². The van der Waals surface area contributed by atoms with Gasteiger partial charge in [-0.1, -0.05) is 0 Å². The van der Waals surface area contributed by atoms with E-state index in [0.717, 1.165) is 0 Å². The molecule has 0 saturated heterocycles. The number of ether oxygens (including phenoxy) is 1. The van der Waals surface area contributed by atoms with Gasteiger partial charge in [0.05, 0.1) is 18.4 Å². The SMILES string of the molecule is COc1ccc(-n2nc(C(=O)O)c(C)c3c(=O)[nH]nc2-3)cc1. The maximum Gasteiger partial charge on any atom is 0.356 e. The monoisotopic (exact) mass is 300 g/mol. The van der Waals surface area contributed by atoms with Gasteiger partial charge in [0.1, 0.15) is 5.75 Å². The molecule has 0 aliphatic carbocycles. The van der Waals surface area contributed by atoms with E-state index in [9.17, 15) is 14.7 Å². The summed E-state index contributed by atoms with van der Waals surface area (Å²) in [6.07, 6.45) is 0. The van der Waals surface area contributed by atoms with Crippen molar-refractivity contribution in [2.75, 3.05) is 7.11 Å². The molecule has 8 heteroatoms. The molecular formula is C14H12N4O4. The zero-order chi connectivity index (χ0) is 15.9. The van der Waals surface area contributed by atoms with E-state index >= 15 is 0 Å². The van der Waals surface area contributed by atoms with Crippen LogP contribution in [0.15, 0.2) is 29.1 Å². The number of carbonyl (C=O) groups is 1. The quantitative estimate of drug-likeness (QED) is 0.748. The third kappa shape index (κ3) is 2.01. The summed E-state index contributed by atoms with van der Waals surface area (Å²) >= 11 is 0. The second kappa shape index (κ2) is 4.99. The van der Waals surface area contributed by atoms with Crippen LogP contribution in [0.25, 0.3) is 17.1 Å². The number of carboxylic acid groups (broad SMARTS) is 1. The summed E-state index contributed by atoms with van der Waals surface area (Å²) in [6, 6.07) is 6.82. The molecular weight excluding hydrogens is 288 g/mol. The standard InChI is InChI=1S/C14H12N4O4/c1-7-10-12(15-16-13(10)19)18(17-11(7)14(20)21)8-3-5-9(22-2)6-4-8/h3-6H,1-2H3,(H,16,19)(H,20,21). The Bertz CT molecular complexity index is 879. The largest absolute Gasteiger partial charge is 0.497 e. The van der Waals surface area contributed by atoms with Crippen LogP contribution in [0.1, 0.15) is 16.1 Å². The molecule has 2 heterocycles. The third-order valence-electron chi connectivity index (χ3n) is 3.36. The van der Waals surface area contributed by atoms with Gasteiger partial charge < -0.3 is 9.84 Å². The van der Waals surface area contributed by atoms with E-state index in [1.165, 1.54) is 11.6 Å². The number of carboxylic acids is 1. The van der Waals surface area contributed by atoms with Gasteiger partial charge in [0.15, 0.2) is 11.5 Å². The summed E-state index contributed by atoms with van der Waals surface area (Å²) in [4.78, 5) is 23.2. The smallest absolute Gasteiger partial charge is 0.356 e. The van der Waals surface area contributed by atoms with E-state index in [-0.39, 0.29) is 22.6 Å². The van der Waals surface area contributed by atoms with Crippen LogP contribution in [0, 0.1) is 6.92 Å². The minimum absolute atomic E-state index is 0.193. The molecule has 2 aliphatic heterocycles. The van der Waals surface area contributed by atoms with Crippen LogP contribution in [0.4, 0.5) is 0 Å².